The Labute approximate surface area is 75.7 Å². The summed E-state index contributed by atoms with van der Waals surface area (Å²) >= 11 is 0. The van der Waals surface area contributed by atoms with Gasteiger partial charge < -0.3 is 11.1 Å². The zero-order valence-corrected chi connectivity index (χ0v) is 7.09. The van der Waals surface area contributed by atoms with Crippen molar-refractivity contribution in [1.29, 1.82) is 0 Å². The number of benzene rings is 1. The number of hydrogen-bond acceptors (Lipinski definition) is 2. The molecule has 0 radical (unpaired) electrons. The molecule has 0 unspecified atom stereocenters. The molecule has 1 rings (SSSR count). The molecule has 0 atom stereocenters. The average Bonchev–Trinajstić information content (AvgIpc) is 2.14. The van der Waals surface area contributed by atoms with Crippen molar-refractivity contribution in [3.05, 3.63) is 29.8 Å². The van der Waals surface area contributed by atoms with E-state index in [1.54, 1.807) is 18.2 Å². The minimum Gasteiger partial charge on any atom is -0.399 e. The van der Waals surface area contributed by atoms with Gasteiger partial charge in [0.25, 0.3) is 5.91 Å². The number of halogens is 1. The Balaban J connectivity index is 2.50. The van der Waals surface area contributed by atoms with Crippen molar-refractivity contribution >= 4 is 11.6 Å². The topological polar surface area (TPSA) is 55.1 Å². The second kappa shape index (κ2) is 4.45. The highest BCUT2D eigenvalue weighted by molar-refractivity contribution is 5.76. The maximum atomic E-state index is 11.7. The first-order valence-electron chi connectivity index (χ1n) is 3.89. The molecule has 13 heavy (non-hydrogen) atoms. The summed E-state index contributed by atoms with van der Waals surface area (Å²) in [4.78, 5) is 10.6. The smallest absolute Gasteiger partial charge is 0.251 e. The zero-order chi connectivity index (χ0) is 9.68. The van der Waals surface area contributed by atoms with Gasteiger partial charge in [0.1, 0.15) is 0 Å². The lowest BCUT2D eigenvalue weighted by molar-refractivity contribution is -0.122. The van der Waals surface area contributed by atoms with Gasteiger partial charge in [-0.3, -0.25) is 4.79 Å². The molecule has 0 saturated carbocycles. The number of nitrogens with two attached hydrogens (primary N) is 1. The van der Waals surface area contributed by atoms with Gasteiger partial charge in [0.05, 0.1) is 0 Å². The molecule has 0 aliphatic heterocycles. The normalized spacial score (nSPS) is 9.62. The van der Waals surface area contributed by atoms with Crippen LogP contribution < -0.4 is 11.1 Å². The van der Waals surface area contributed by atoms with Crippen molar-refractivity contribution in [3.8, 4) is 0 Å². The third-order valence-corrected chi connectivity index (χ3v) is 1.56. The van der Waals surface area contributed by atoms with Gasteiger partial charge in [-0.05, 0) is 17.7 Å². The number of rotatable bonds is 3. The van der Waals surface area contributed by atoms with Gasteiger partial charge in [0, 0.05) is 12.2 Å². The molecule has 0 aliphatic rings. The third kappa shape index (κ3) is 3.11. The van der Waals surface area contributed by atoms with E-state index >= 15 is 0 Å². The van der Waals surface area contributed by atoms with E-state index in [1.165, 1.54) is 0 Å². The van der Waals surface area contributed by atoms with Crippen molar-refractivity contribution in [2.45, 2.75) is 6.54 Å². The first-order valence-corrected chi connectivity index (χ1v) is 3.89. The number of nitrogen functional groups attached to an aromatic ring is 1. The third-order valence-electron chi connectivity index (χ3n) is 1.56. The van der Waals surface area contributed by atoms with Gasteiger partial charge in [0.15, 0.2) is 6.67 Å². The molecule has 0 bridgehead atoms. The summed E-state index contributed by atoms with van der Waals surface area (Å²) < 4.78 is 11.7. The minimum atomic E-state index is -0.984. The summed E-state index contributed by atoms with van der Waals surface area (Å²) in [6.07, 6.45) is 0. The van der Waals surface area contributed by atoms with Crippen molar-refractivity contribution in [3.63, 3.8) is 0 Å². The largest absolute Gasteiger partial charge is 0.399 e. The number of alkyl halides is 1. The highest BCUT2D eigenvalue weighted by atomic mass is 19.1. The summed E-state index contributed by atoms with van der Waals surface area (Å²) in [5, 5.41) is 2.41. The molecule has 0 spiro atoms. The number of anilines is 1. The Kier molecular flexibility index (Phi) is 3.25. The van der Waals surface area contributed by atoms with Crippen LogP contribution >= 0.6 is 0 Å². The van der Waals surface area contributed by atoms with Crippen molar-refractivity contribution in [2.24, 2.45) is 0 Å². The SMILES string of the molecule is Nc1cccc(CNC(=O)CF)c1. The van der Waals surface area contributed by atoms with Crippen molar-refractivity contribution < 1.29 is 9.18 Å². The second-order valence-electron chi connectivity index (χ2n) is 2.66. The van der Waals surface area contributed by atoms with Crippen LogP contribution in [0, 0.1) is 0 Å². The molecule has 0 aliphatic carbocycles. The van der Waals surface area contributed by atoms with Crippen LogP contribution in [-0.4, -0.2) is 12.6 Å². The van der Waals surface area contributed by atoms with Crippen LogP contribution in [0.25, 0.3) is 0 Å². The van der Waals surface area contributed by atoms with Gasteiger partial charge in [-0.25, -0.2) is 4.39 Å². The maximum Gasteiger partial charge on any atom is 0.251 e. The molecule has 1 aromatic rings. The number of carbonyl (C=O) groups is 1. The maximum absolute atomic E-state index is 11.7. The summed E-state index contributed by atoms with van der Waals surface area (Å²) in [5.41, 5.74) is 7.00. The molecule has 70 valence electrons. The van der Waals surface area contributed by atoms with Crippen LogP contribution in [0.3, 0.4) is 0 Å². The zero-order valence-electron chi connectivity index (χ0n) is 7.09. The van der Waals surface area contributed by atoms with Gasteiger partial charge >= 0.3 is 0 Å². The summed E-state index contributed by atoms with van der Waals surface area (Å²) in [6, 6.07) is 7.08. The lowest BCUT2D eigenvalue weighted by Crippen LogP contribution is -2.23. The lowest BCUT2D eigenvalue weighted by atomic mass is 10.2. The predicted octanol–water partition coefficient (Wildman–Crippen LogP) is 0.854. The average molecular weight is 182 g/mol. The van der Waals surface area contributed by atoms with Gasteiger partial charge in [-0.2, -0.15) is 0 Å². The lowest BCUT2D eigenvalue weighted by Gasteiger charge is -2.03. The first kappa shape index (κ1) is 9.51. The van der Waals surface area contributed by atoms with Crippen molar-refractivity contribution in [2.75, 3.05) is 12.4 Å². The molecular formula is C9H11FN2O. The van der Waals surface area contributed by atoms with Crippen molar-refractivity contribution in [1.82, 2.24) is 5.32 Å². The van der Waals surface area contributed by atoms with E-state index < -0.39 is 12.6 Å². The second-order valence-corrected chi connectivity index (χ2v) is 2.66. The molecule has 4 heteroatoms. The summed E-state index contributed by atoms with van der Waals surface area (Å²) in [6.45, 7) is -0.671. The highest BCUT2D eigenvalue weighted by Gasteiger charge is 1.98. The van der Waals surface area contributed by atoms with Crippen LogP contribution in [0.5, 0.6) is 0 Å². The Morgan fingerprint density at radius 3 is 2.92 bits per heavy atom. The Bertz CT molecular complexity index is 301. The molecule has 3 nitrogen and oxygen atoms in total. The van der Waals surface area contributed by atoms with Gasteiger partial charge in [0.2, 0.25) is 0 Å². The Morgan fingerprint density at radius 2 is 2.31 bits per heavy atom. The predicted molar refractivity (Wildman–Crippen MR) is 48.7 cm³/mol. The monoisotopic (exact) mass is 182 g/mol. The van der Waals surface area contributed by atoms with E-state index in [0.717, 1.165) is 5.56 Å². The highest BCUT2D eigenvalue weighted by Crippen LogP contribution is 2.05. The fraction of sp³-hybridized carbons (Fsp3) is 0.222. The summed E-state index contributed by atoms with van der Waals surface area (Å²) in [7, 11) is 0. The van der Waals surface area contributed by atoms with Gasteiger partial charge in [-0.15, -0.1) is 0 Å². The molecule has 0 fully saturated rings. The van der Waals surface area contributed by atoms with Crippen LogP contribution in [0.15, 0.2) is 24.3 Å². The van der Waals surface area contributed by atoms with E-state index in [1.807, 2.05) is 6.07 Å². The molecule has 1 aromatic carbocycles. The first-order chi connectivity index (χ1) is 6.22. The van der Waals surface area contributed by atoms with E-state index in [2.05, 4.69) is 5.32 Å². The van der Waals surface area contributed by atoms with Crippen LogP contribution in [0.1, 0.15) is 5.56 Å². The van der Waals surface area contributed by atoms with E-state index in [-0.39, 0.29) is 0 Å². The number of amides is 1. The molecular weight excluding hydrogens is 171 g/mol. The Hall–Kier alpha value is -1.58. The quantitative estimate of drug-likeness (QED) is 0.681. The molecule has 0 heterocycles. The van der Waals surface area contributed by atoms with E-state index in [9.17, 15) is 9.18 Å². The van der Waals surface area contributed by atoms with E-state index in [4.69, 9.17) is 5.73 Å². The molecule has 1 amide bonds. The van der Waals surface area contributed by atoms with Crippen LogP contribution in [0.2, 0.25) is 0 Å². The molecule has 0 aromatic heterocycles. The number of carbonyl (C=O) groups excluding carboxylic acids is 1. The molecule has 0 saturated heterocycles. The summed E-state index contributed by atoms with van der Waals surface area (Å²) in [5.74, 6) is -0.609. The fourth-order valence-electron chi connectivity index (χ4n) is 0.951. The fourth-order valence-corrected chi connectivity index (χ4v) is 0.951. The van der Waals surface area contributed by atoms with E-state index in [0.29, 0.717) is 12.2 Å². The number of nitrogens with one attached hydrogen (secondary N) is 1. The Morgan fingerprint density at radius 1 is 1.54 bits per heavy atom. The molecule has 3 N–H and O–H groups in total. The standard InChI is InChI=1S/C9H11FN2O/c10-5-9(13)12-6-7-2-1-3-8(11)4-7/h1-4H,5-6,11H2,(H,12,13). The minimum absolute atomic E-state index is 0.313. The van der Waals surface area contributed by atoms with Crippen LogP contribution in [0.4, 0.5) is 10.1 Å². The van der Waals surface area contributed by atoms with Crippen LogP contribution in [-0.2, 0) is 11.3 Å². The number of hydrogen-bond donors (Lipinski definition) is 2. The van der Waals surface area contributed by atoms with Gasteiger partial charge in [-0.1, -0.05) is 12.1 Å².